The molecule has 6 heteroatoms. The summed E-state index contributed by atoms with van der Waals surface area (Å²) in [5.74, 6) is -0.804. The SMILES string of the molecule is CCOC(=O)[C@H](Cc1c[nH]c2ccccc12)NC(=O)c1ccc(C)nc1. The molecule has 6 nitrogen and oxygen atoms in total. The molecule has 3 aromatic rings. The summed E-state index contributed by atoms with van der Waals surface area (Å²) in [6.07, 6.45) is 3.70. The second-order valence-corrected chi connectivity index (χ2v) is 6.03. The summed E-state index contributed by atoms with van der Waals surface area (Å²) in [4.78, 5) is 32.2. The Labute approximate surface area is 151 Å². The molecule has 0 fully saturated rings. The number of aromatic amines is 1. The minimum absolute atomic E-state index is 0.255. The van der Waals surface area contributed by atoms with Gasteiger partial charge in [-0.1, -0.05) is 18.2 Å². The molecule has 134 valence electrons. The van der Waals surface area contributed by atoms with Crippen molar-refractivity contribution in [2.45, 2.75) is 26.3 Å². The third-order valence-electron chi connectivity index (χ3n) is 4.15. The Kier molecular flexibility index (Phi) is 5.31. The van der Waals surface area contributed by atoms with E-state index in [0.29, 0.717) is 12.0 Å². The molecular formula is C20H21N3O3. The van der Waals surface area contributed by atoms with Gasteiger partial charge in [0.1, 0.15) is 6.04 Å². The Hall–Kier alpha value is -3.15. The summed E-state index contributed by atoms with van der Waals surface area (Å²) < 4.78 is 5.14. The summed E-state index contributed by atoms with van der Waals surface area (Å²) in [6, 6.07) is 10.5. The lowest BCUT2D eigenvalue weighted by molar-refractivity contribution is -0.145. The van der Waals surface area contributed by atoms with Crippen LogP contribution in [0.25, 0.3) is 10.9 Å². The molecule has 26 heavy (non-hydrogen) atoms. The highest BCUT2D eigenvalue weighted by Gasteiger charge is 2.24. The molecule has 0 saturated carbocycles. The van der Waals surface area contributed by atoms with Crippen molar-refractivity contribution >= 4 is 22.8 Å². The summed E-state index contributed by atoms with van der Waals surface area (Å²) in [7, 11) is 0. The summed E-state index contributed by atoms with van der Waals surface area (Å²) in [5.41, 5.74) is 3.16. The van der Waals surface area contributed by atoms with Crippen molar-refractivity contribution in [3.63, 3.8) is 0 Å². The van der Waals surface area contributed by atoms with Crippen LogP contribution in [0.3, 0.4) is 0 Å². The zero-order valence-corrected chi connectivity index (χ0v) is 14.8. The van der Waals surface area contributed by atoms with E-state index in [1.165, 1.54) is 6.20 Å². The number of benzene rings is 1. The number of fused-ring (bicyclic) bond motifs is 1. The third-order valence-corrected chi connectivity index (χ3v) is 4.15. The quantitative estimate of drug-likeness (QED) is 0.669. The Morgan fingerprint density at radius 2 is 2.04 bits per heavy atom. The number of hydrogen-bond acceptors (Lipinski definition) is 4. The minimum atomic E-state index is -0.775. The van der Waals surface area contributed by atoms with Gasteiger partial charge in [-0.2, -0.15) is 0 Å². The number of ether oxygens (including phenoxy) is 1. The first-order valence-corrected chi connectivity index (χ1v) is 8.53. The Morgan fingerprint density at radius 3 is 2.77 bits per heavy atom. The number of carbonyl (C=O) groups is 2. The van der Waals surface area contributed by atoms with Gasteiger partial charge in [0.15, 0.2) is 0 Å². The second-order valence-electron chi connectivity index (χ2n) is 6.03. The number of nitrogens with one attached hydrogen (secondary N) is 2. The number of aromatic nitrogens is 2. The summed E-state index contributed by atoms with van der Waals surface area (Å²) in [5, 5.41) is 3.79. The molecule has 1 atom stereocenters. The standard InChI is InChI=1S/C20H21N3O3/c1-3-26-20(25)18(23-19(24)14-9-8-13(2)21-11-14)10-15-12-22-17-7-5-4-6-16(15)17/h4-9,11-12,18,22H,3,10H2,1-2H3,(H,23,24)/t18-/m0/s1. The molecule has 3 rings (SSSR count). The van der Waals surface area contributed by atoms with E-state index < -0.39 is 12.0 Å². The first-order valence-electron chi connectivity index (χ1n) is 8.53. The van der Waals surface area contributed by atoms with Crippen LogP contribution in [0.4, 0.5) is 0 Å². The van der Waals surface area contributed by atoms with Crippen molar-refractivity contribution in [3.8, 4) is 0 Å². The van der Waals surface area contributed by atoms with E-state index in [1.807, 2.05) is 37.4 Å². The van der Waals surface area contributed by atoms with Crippen LogP contribution >= 0.6 is 0 Å². The first kappa shape index (κ1) is 17.7. The van der Waals surface area contributed by atoms with Gasteiger partial charge in [-0.25, -0.2) is 4.79 Å². The predicted molar refractivity (Wildman–Crippen MR) is 98.9 cm³/mol. The van der Waals surface area contributed by atoms with E-state index in [4.69, 9.17) is 4.74 Å². The van der Waals surface area contributed by atoms with E-state index >= 15 is 0 Å². The van der Waals surface area contributed by atoms with Gasteiger partial charge in [0.05, 0.1) is 12.2 Å². The lowest BCUT2D eigenvalue weighted by Crippen LogP contribution is -2.43. The fraction of sp³-hybridized carbons (Fsp3) is 0.250. The van der Waals surface area contributed by atoms with Gasteiger partial charge < -0.3 is 15.0 Å². The smallest absolute Gasteiger partial charge is 0.328 e. The fourth-order valence-corrected chi connectivity index (χ4v) is 2.80. The van der Waals surface area contributed by atoms with E-state index in [1.54, 1.807) is 19.1 Å². The summed E-state index contributed by atoms with van der Waals surface area (Å²) >= 11 is 0. The van der Waals surface area contributed by atoms with Gasteiger partial charge in [0, 0.05) is 35.4 Å². The maximum Gasteiger partial charge on any atom is 0.328 e. The van der Waals surface area contributed by atoms with Crippen molar-refractivity contribution in [2.75, 3.05) is 6.61 Å². The summed E-state index contributed by atoms with van der Waals surface area (Å²) in [6.45, 7) is 3.84. The second kappa shape index (κ2) is 7.82. The molecule has 2 heterocycles. The molecule has 0 bridgehead atoms. The van der Waals surface area contributed by atoms with Gasteiger partial charge in [-0.05, 0) is 37.6 Å². The molecular weight excluding hydrogens is 330 g/mol. The largest absolute Gasteiger partial charge is 0.464 e. The molecule has 0 aliphatic rings. The molecule has 0 aliphatic heterocycles. The van der Waals surface area contributed by atoms with Crippen LogP contribution in [-0.2, 0) is 16.0 Å². The topological polar surface area (TPSA) is 84.1 Å². The molecule has 0 aliphatic carbocycles. The molecule has 2 aromatic heterocycles. The van der Waals surface area contributed by atoms with E-state index in [-0.39, 0.29) is 12.5 Å². The van der Waals surface area contributed by atoms with Crippen LogP contribution in [0.5, 0.6) is 0 Å². The Bertz CT molecular complexity index is 915. The molecule has 0 saturated heterocycles. The number of esters is 1. The van der Waals surface area contributed by atoms with E-state index in [9.17, 15) is 9.59 Å². The number of H-pyrrole nitrogens is 1. The number of amides is 1. The van der Waals surface area contributed by atoms with Crippen LogP contribution in [-0.4, -0.2) is 34.5 Å². The van der Waals surface area contributed by atoms with Gasteiger partial charge in [0.25, 0.3) is 5.91 Å². The van der Waals surface area contributed by atoms with Gasteiger partial charge >= 0.3 is 5.97 Å². The van der Waals surface area contributed by atoms with Crippen LogP contribution < -0.4 is 5.32 Å². The van der Waals surface area contributed by atoms with Crippen LogP contribution in [0.1, 0.15) is 28.5 Å². The van der Waals surface area contributed by atoms with Crippen molar-refractivity contribution in [1.29, 1.82) is 0 Å². The Morgan fingerprint density at radius 1 is 1.23 bits per heavy atom. The number of nitrogens with zero attached hydrogens (tertiary/aromatic N) is 1. The Balaban J connectivity index is 1.82. The normalized spacial score (nSPS) is 11.9. The average Bonchev–Trinajstić information content (AvgIpc) is 3.05. The molecule has 1 amide bonds. The first-order chi connectivity index (χ1) is 12.6. The number of hydrogen-bond donors (Lipinski definition) is 2. The van der Waals surface area contributed by atoms with E-state index in [2.05, 4.69) is 15.3 Å². The number of aryl methyl sites for hydroxylation is 1. The number of para-hydroxylation sites is 1. The molecule has 0 spiro atoms. The predicted octanol–water partition coefficient (Wildman–Crippen LogP) is 2.78. The fourth-order valence-electron chi connectivity index (χ4n) is 2.80. The lowest BCUT2D eigenvalue weighted by Gasteiger charge is -2.17. The zero-order chi connectivity index (χ0) is 18.5. The zero-order valence-electron chi connectivity index (χ0n) is 14.8. The van der Waals surface area contributed by atoms with Crippen LogP contribution in [0.2, 0.25) is 0 Å². The van der Waals surface area contributed by atoms with Gasteiger partial charge in [-0.3, -0.25) is 9.78 Å². The number of rotatable bonds is 6. The molecule has 0 unspecified atom stereocenters. The lowest BCUT2D eigenvalue weighted by atomic mass is 10.0. The van der Waals surface area contributed by atoms with Crippen LogP contribution in [0, 0.1) is 6.92 Å². The van der Waals surface area contributed by atoms with Crippen molar-refractivity contribution in [3.05, 3.63) is 65.6 Å². The van der Waals surface area contributed by atoms with Crippen LogP contribution in [0.15, 0.2) is 48.8 Å². The monoisotopic (exact) mass is 351 g/mol. The van der Waals surface area contributed by atoms with Crippen molar-refractivity contribution < 1.29 is 14.3 Å². The maximum atomic E-state index is 12.5. The highest BCUT2D eigenvalue weighted by molar-refractivity contribution is 5.96. The maximum absolute atomic E-state index is 12.5. The average molecular weight is 351 g/mol. The van der Waals surface area contributed by atoms with Crippen molar-refractivity contribution in [2.24, 2.45) is 0 Å². The van der Waals surface area contributed by atoms with E-state index in [0.717, 1.165) is 22.2 Å². The highest BCUT2D eigenvalue weighted by atomic mass is 16.5. The number of pyridine rings is 1. The van der Waals surface area contributed by atoms with Crippen molar-refractivity contribution in [1.82, 2.24) is 15.3 Å². The third kappa shape index (κ3) is 3.91. The van der Waals surface area contributed by atoms with Gasteiger partial charge in [0.2, 0.25) is 0 Å². The highest BCUT2D eigenvalue weighted by Crippen LogP contribution is 2.19. The van der Waals surface area contributed by atoms with Gasteiger partial charge in [-0.15, -0.1) is 0 Å². The number of carbonyl (C=O) groups excluding carboxylic acids is 2. The minimum Gasteiger partial charge on any atom is -0.464 e. The molecule has 2 N–H and O–H groups in total. The molecule has 0 radical (unpaired) electrons. The molecule has 1 aromatic carbocycles.